The van der Waals surface area contributed by atoms with Crippen LogP contribution in [0.2, 0.25) is 5.02 Å². The van der Waals surface area contributed by atoms with Gasteiger partial charge in [-0.25, -0.2) is 4.39 Å². The van der Waals surface area contributed by atoms with Crippen LogP contribution in [-0.2, 0) is 11.3 Å². The van der Waals surface area contributed by atoms with Crippen LogP contribution in [0.1, 0.15) is 37.7 Å². The second-order valence-corrected chi connectivity index (χ2v) is 9.16. The maximum Gasteiger partial charge on any atom is 0.303 e. The molecule has 1 N–H and O–H groups in total. The van der Waals surface area contributed by atoms with Crippen molar-refractivity contribution in [1.29, 1.82) is 0 Å². The fourth-order valence-electron chi connectivity index (χ4n) is 4.24. The van der Waals surface area contributed by atoms with Gasteiger partial charge in [0.15, 0.2) is 0 Å². The lowest BCUT2D eigenvalue weighted by Crippen LogP contribution is -2.35. The molecule has 30 heavy (non-hydrogen) atoms. The molecule has 0 radical (unpaired) electrons. The number of carboxylic acids is 1. The normalized spacial score (nSPS) is 19.1. The molecule has 0 atom stereocenters. The number of nitrogens with zero attached hydrogens (tertiary/aromatic N) is 1. The van der Waals surface area contributed by atoms with Gasteiger partial charge in [-0.1, -0.05) is 23.7 Å². The summed E-state index contributed by atoms with van der Waals surface area (Å²) in [4.78, 5) is 13.1. The number of ether oxygens (including phenoxy) is 1. The van der Waals surface area contributed by atoms with E-state index in [9.17, 15) is 4.79 Å². The fraction of sp³-hybridized carbons (Fsp3) is 0.435. The van der Waals surface area contributed by atoms with Gasteiger partial charge in [-0.3, -0.25) is 9.69 Å². The molecule has 0 amide bonds. The van der Waals surface area contributed by atoms with E-state index < -0.39 is 5.97 Å². The number of carbonyl (C=O) groups is 1. The molecule has 1 fully saturated rings. The highest BCUT2D eigenvalue weighted by Crippen LogP contribution is 2.38. The standard InChI is InChI=1S/C23H26BrClFNO3/c1-27(16-8-6-14(7-9-16)10-22(28)29)13-18-20(26)11-15(12-21(18)30-2)17-4-3-5-19(24)23(17)25/h3-5,11-12,14,16H,6-10,13H2,1-2H3,(H,28,29). The number of methoxy groups -OCH3 is 1. The Labute approximate surface area is 190 Å². The van der Waals surface area contributed by atoms with Crippen molar-refractivity contribution in [1.82, 2.24) is 4.90 Å². The van der Waals surface area contributed by atoms with Crippen molar-refractivity contribution >= 4 is 33.5 Å². The average molecular weight is 499 g/mol. The lowest BCUT2D eigenvalue weighted by molar-refractivity contribution is -0.138. The van der Waals surface area contributed by atoms with Crippen LogP contribution in [-0.4, -0.2) is 36.2 Å². The van der Waals surface area contributed by atoms with Crippen LogP contribution in [0, 0.1) is 11.7 Å². The fourth-order valence-corrected chi connectivity index (χ4v) is 4.85. The van der Waals surface area contributed by atoms with Gasteiger partial charge in [0.25, 0.3) is 0 Å². The molecule has 4 nitrogen and oxygen atoms in total. The van der Waals surface area contributed by atoms with Crippen molar-refractivity contribution in [3.05, 3.63) is 51.2 Å². The molecule has 0 saturated heterocycles. The summed E-state index contributed by atoms with van der Waals surface area (Å²) < 4.78 is 21.4. The molecule has 0 heterocycles. The summed E-state index contributed by atoms with van der Waals surface area (Å²) >= 11 is 9.80. The summed E-state index contributed by atoms with van der Waals surface area (Å²) in [7, 11) is 3.53. The zero-order valence-corrected chi connectivity index (χ0v) is 19.5. The number of halogens is 3. The Morgan fingerprint density at radius 1 is 1.30 bits per heavy atom. The Morgan fingerprint density at radius 3 is 2.63 bits per heavy atom. The van der Waals surface area contributed by atoms with Gasteiger partial charge >= 0.3 is 5.97 Å². The van der Waals surface area contributed by atoms with Crippen molar-refractivity contribution in [2.45, 2.75) is 44.7 Å². The van der Waals surface area contributed by atoms with E-state index in [-0.39, 0.29) is 18.2 Å². The second kappa shape index (κ2) is 10.1. The average Bonchev–Trinajstić information content (AvgIpc) is 2.71. The Bertz CT molecular complexity index is 916. The third kappa shape index (κ3) is 5.34. The van der Waals surface area contributed by atoms with Gasteiger partial charge in [0.1, 0.15) is 11.6 Å². The second-order valence-electron chi connectivity index (χ2n) is 7.93. The Hall–Kier alpha value is -1.63. The van der Waals surface area contributed by atoms with Gasteiger partial charge in [0.2, 0.25) is 0 Å². The summed E-state index contributed by atoms with van der Waals surface area (Å²) in [6.45, 7) is 0.426. The highest BCUT2D eigenvalue weighted by Gasteiger charge is 2.26. The molecule has 0 spiro atoms. The summed E-state index contributed by atoms with van der Waals surface area (Å²) in [6.07, 6.45) is 3.86. The summed E-state index contributed by atoms with van der Waals surface area (Å²) in [5.41, 5.74) is 1.92. The maximum atomic E-state index is 15.1. The molecule has 2 aromatic rings. The van der Waals surface area contributed by atoms with Gasteiger partial charge in [0, 0.05) is 34.6 Å². The lowest BCUT2D eigenvalue weighted by atomic mass is 9.83. The van der Waals surface area contributed by atoms with Crippen LogP contribution in [0.4, 0.5) is 4.39 Å². The molecule has 7 heteroatoms. The molecule has 0 aliphatic heterocycles. The molecule has 0 aromatic heterocycles. The minimum Gasteiger partial charge on any atom is -0.496 e. The summed E-state index contributed by atoms with van der Waals surface area (Å²) in [5.74, 6) is -0.323. The maximum absolute atomic E-state index is 15.1. The van der Waals surface area contributed by atoms with E-state index >= 15 is 4.39 Å². The Morgan fingerprint density at radius 2 is 2.00 bits per heavy atom. The van der Waals surface area contributed by atoms with Crippen molar-refractivity contribution in [3.63, 3.8) is 0 Å². The third-order valence-electron chi connectivity index (χ3n) is 5.95. The Balaban J connectivity index is 1.76. The van der Waals surface area contributed by atoms with E-state index in [1.807, 2.05) is 31.3 Å². The molecule has 0 unspecified atom stereocenters. The van der Waals surface area contributed by atoms with Crippen molar-refractivity contribution in [3.8, 4) is 16.9 Å². The first kappa shape index (κ1) is 23.0. The topological polar surface area (TPSA) is 49.8 Å². The number of aliphatic carboxylic acids is 1. The van der Waals surface area contributed by atoms with Crippen LogP contribution in [0.25, 0.3) is 11.1 Å². The van der Waals surface area contributed by atoms with Crippen LogP contribution in [0.5, 0.6) is 5.75 Å². The minimum absolute atomic E-state index is 0.235. The zero-order valence-electron chi connectivity index (χ0n) is 17.1. The molecule has 0 bridgehead atoms. The van der Waals surface area contributed by atoms with E-state index in [2.05, 4.69) is 20.8 Å². The molecule has 1 aliphatic carbocycles. The first-order valence-electron chi connectivity index (χ1n) is 10.0. The first-order valence-corrected chi connectivity index (χ1v) is 11.2. The van der Waals surface area contributed by atoms with Crippen LogP contribution >= 0.6 is 27.5 Å². The molecular formula is C23H26BrClFNO3. The largest absolute Gasteiger partial charge is 0.496 e. The highest BCUT2D eigenvalue weighted by molar-refractivity contribution is 9.10. The van der Waals surface area contributed by atoms with Crippen molar-refractivity contribution in [2.75, 3.05) is 14.2 Å². The van der Waals surface area contributed by atoms with Crippen LogP contribution in [0.3, 0.4) is 0 Å². The number of rotatable bonds is 7. The van der Waals surface area contributed by atoms with Gasteiger partial charge in [-0.15, -0.1) is 0 Å². The number of carboxylic acid groups (broad SMARTS) is 1. The predicted octanol–water partition coefficient (Wildman–Crippen LogP) is 6.38. The van der Waals surface area contributed by atoms with E-state index in [0.717, 1.165) is 35.7 Å². The number of hydrogen-bond acceptors (Lipinski definition) is 3. The molecular weight excluding hydrogens is 473 g/mol. The van der Waals surface area contributed by atoms with Crippen molar-refractivity contribution < 1.29 is 19.0 Å². The number of hydrogen-bond donors (Lipinski definition) is 1. The van der Waals surface area contributed by atoms with Gasteiger partial charge < -0.3 is 9.84 Å². The van der Waals surface area contributed by atoms with E-state index in [0.29, 0.717) is 34.5 Å². The summed E-state index contributed by atoms with van der Waals surface area (Å²) in [5, 5.41) is 9.51. The lowest BCUT2D eigenvalue weighted by Gasteiger charge is -2.34. The number of benzene rings is 2. The van der Waals surface area contributed by atoms with Gasteiger partial charge in [-0.05, 0) is 78.3 Å². The predicted molar refractivity (Wildman–Crippen MR) is 121 cm³/mol. The SMILES string of the molecule is COc1cc(-c2cccc(Br)c2Cl)cc(F)c1CN(C)C1CCC(CC(=O)O)CC1. The van der Waals surface area contributed by atoms with Crippen molar-refractivity contribution in [2.24, 2.45) is 5.92 Å². The van der Waals surface area contributed by atoms with Crippen LogP contribution in [0.15, 0.2) is 34.8 Å². The molecule has 3 rings (SSSR count). The molecule has 1 aliphatic rings. The first-order chi connectivity index (χ1) is 14.3. The smallest absolute Gasteiger partial charge is 0.303 e. The monoisotopic (exact) mass is 497 g/mol. The minimum atomic E-state index is -0.732. The quantitative estimate of drug-likeness (QED) is 0.481. The Kier molecular flexibility index (Phi) is 7.77. The van der Waals surface area contributed by atoms with Gasteiger partial charge in [0.05, 0.1) is 12.1 Å². The van der Waals surface area contributed by atoms with E-state index in [1.165, 1.54) is 6.07 Å². The summed E-state index contributed by atoms with van der Waals surface area (Å²) in [6, 6.07) is 9.18. The third-order valence-corrected chi connectivity index (χ3v) is 7.24. The molecule has 2 aromatic carbocycles. The van der Waals surface area contributed by atoms with Gasteiger partial charge in [-0.2, -0.15) is 0 Å². The van der Waals surface area contributed by atoms with Crippen LogP contribution < -0.4 is 4.74 Å². The highest BCUT2D eigenvalue weighted by atomic mass is 79.9. The molecule has 162 valence electrons. The molecule has 1 saturated carbocycles. The zero-order chi connectivity index (χ0) is 21.8. The van der Waals surface area contributed by atoms with E-state index in [4.69, 9.17) is 21.4 Å². The van der Waals surface area contributed by atoms with E-state index in [1.54, 1.807) is 7.11 Å².